The zero-order chi connectivity index (χ0) is 18.3. The largest absolute Gasteiger partial charge is 0.368 e. The fourth-order valence-corrected chi connectivity index (χ4v) is 7.63. The highest BCUT2D eigenvalue weighted by atomic mass is 35.5. The van der Waals surface area contributed by atoms with E-state index in [-0.39, 0.29) is 28.7 Å². The number of hydrogen-bond donors (Lipinski definition) is 0. The second-order valence-corrected chi connectivity index (χ2v) is 10.6. The van der Waals surface area contributed by atoms with Gasteiger partial charge in [0.15, 0.2) is 15.0 Å². The number of carbonyl (C=O) groups excluding carboxylic acids is 1. The van der Waals surface area contributed by atoms with Crippen molar-refractivity contribution in [3.8, 4) is 0 Å². The summed E-state index contributed by atoms with van der Waals surface area (Å²) in [5.41, 5.74) is 0.997. The Hall–Kier alpha value is -1.09. The number of aliphatic imine (C=N–C) groups is 1. The fourth-order valence-electron chi connectivity index (χ4n) is 3.55. The Balaban J connectivity index is 1.59. The molecule has 0 unspecified atom stereocenters. The normalized spacial score (nSPS) is 31.5. The van der Waals surface area contributed by atoms with Gasteiger partial charge in [0.2, 0.25) is 0 Å². The molecular weight excluding hydrogens is 396 g/mol. The maximum Gasteiger partial charge on any atom is 0.277 e. The molecule has 140 valence electrons. The molecule has 1 amide bonds. The molecule has 26 heavy (non-hydrogen) atoms. The van der Waals surface area contributed by atoms with Gasteiger partial charge in [-0.15, -0.1) is 0 Å². The monoisotopic (exact) mass is 414 g/mol. The molecule has 1 aromatic rings. The Morgan fingerprint density at radius 1 is 1.31 bits per heavy atom. The number of thioether (sulfide) groups is 1. The maximum atomic E-state index is 12.4. The van der Waals surface area contributed by atoms with Crippen molar-refractivity contribution in [3.05, 3.63) is 34.9 Å². The van der Waals surface area contributed by atoms with Gasteiger partial charge in [0.25, 0.3) is 5.91 Å². The molecule has 0 radical (unpaired) electrons. The lowest BCUT2D eigenvalue weighted by atomic mass is 10.1. The highest BCUT2D eigenvalue weighted by Crippen LogP contribution is 2.39. The molecule has 3 saturated heterocycles. The average Bonchev–Trinajstić information content (AvgIpc) is 3.27. The van der Waals surface area contributed by atoms with Crippen LogP contribution in [0.1, 0.15) is 18.4 Å². The predicted octanol–water partition coefficient (Wildman–Crippen LogP) is 2.12. The molecule has 3 aliphatic rings. The third kappa shape index (κ3) is 3.78. The van der Waals surface area contributed by atoms with Gasteiger partial charge in [-0.05, 0) is 30.5 Å². The van der Waals surface area contributed by atoms with Crippen LogP contribution >= 0.6 is 23.4 Å². The maximum absolute atomic E-state index is 12.4. The van der Waals surface area contributed by atoms with Crippen LogP contribution in [-0.2, 0) is 25.9 Å². The molecular formula is C17H19ClN2O4S2. The van der Waals surface area contributed by atoms with E-state index in [0.717, 1.165) is 12.0 Å². The van der Waals surface area contributed by atoms with Crippen LogP contribution in [0.2, 0.25) is 5.02 Å². The summed E-state index contributed by atoms with van der Waals surface area (Å²) >= 11 is 7.34. The molecule has 1 aromatic carbocycles. The van der Waals surface area contributed by atoms with Crippen LogP contribution in [0.25, 0.3) is 0 Å². The van der Waals surface area contributed by atoms with E-state index in [1.165, 1.54) is 11.8 Å². The molecule has 0 aliphatic carbocycles. The number of hydrogen-bond acceptors (Lipinski definition) is 5. The standard InChI is InChI=1S/C17H19ClN2O4S2/c18-12-5-3-11(4-6-12)8-20-13-9-26(22,23)10-15(13)25-17(20)19-16(21)14-2-1-7-24-14/h3-6,13-15H,1-2,7-10H2/t13-,14+,15+/m0/s1. The number of sulfone groups is 1. The lowest BCUT2D eigenvalue weighted by Gasteiger charge is -2.24. The summed E-state index contributed by atoms with van der Waals surface area (Å²) in [6, 6.07) is 7.26. The number of nitrogens with zero attached hydrogens (tertiary/aromatic N) is 2. The smallest absolute Gasteiger partial charge is 0.277 e. The van der Waals surface area contributed by atoms with E-state index >= 15 is 0 Å². The topological polar surface area (TPSA) is 76.0 Å². The quantitative estimate of drug-likeness (QED) is 0.754. The van der Waals surface area contributed by atoms with Crippen molar-refractivity contribution >= 4 is 44.3 Å². The fraction of sp³-hybridized carbons (Fsp3) is 0.529. The van der Waals surface area contributed by atoms with Gasteiger partial charge in [0.1, 0.15) is 6.10 Å². The van der Waals surface area contributed by atoms with E-state index in [9.17, 15) is 13.2 Å². The first-order valence-corrected chi connectivity index (χ1v) is 11.6. The molecule has 3 fully saturated rings. The molecule has 6 nitrogen and oxygen atoms in total. The zero-order valence-corrected chi connectivity index (χ0v) is 16.4. The van der Waals surface area contributed by atoms with E-state index in [4.69, 9.17) is 16.3 Å². The van der Waals surface area contributed by atoms with E-state index in [1.807, 2.05) is 17.0 Å². The SMILES string of the molecule is O=C(N=C1S[C@@H]2CS(=O)(=O)C[C@@H]2N1Cc1ccc(Cl)cc1)[C@H]1CCCO1. The first-order chi connectivity index (χ1) is 12.4. The first-order valence-electron chi connectivity index (χ1n) is 8.53. The molecule has 3 heterocycles. The summed E-state index contributed by atoms with van der Waals surface area (Å²) in [7, 11) is -3.05. The minimum absolute atomic E-state index is 0.0802. The zero-order valence-electron chi connectivity index (χ0n) is 14.0. The summed E-state index contributed by atoms with van der Waals surface area (Å²) in [5.74, 6) is -0.0354. The summed E-state index contributed by atoms with van der Waals surface area (Å²) in [6.07, 6.45) is 1.09. The van der Waals surface area contributed by atoms with Crippen LogP contribution in [0.5, 0.6) is 0 Å². The van der Waals surface area contributed by atoms with E-state index in [0.29, 0.717) is 29.8 Å². The van der Waals surface area contributed by atoms with Crippen LogP contribution in [0.3, 0.4) is 0 Å². The number of carbonyl (C=O) groups is 1. The van der Waals surface area contributed by atoms with Crippen molar-refractivity contribution in [2.24, 2.45) is 4.99 Å². The average molecular weight is 415 g/mol. The highest BCUT2D eigenvalue weighted by molar-refractivity contribution is 8.15. The number of amidine groups is 1. The van der Waals surface area contributed by atoms with Crippen molar-refractivity contribution in [1.29, 1.82) is 0 Å². The van der Waals surface area contributed by atoms with Crippen molar-refractivity contribution in [1.82, 2.24) is 4.90 Å². The summed E-state index contributed by atoms with van der Waals surface area (Å²) in [4.78, 5) is 18.7. The van der Waals surface area contributed by atoms with Crippen LogP contribution in [0.15, 0.2) is 29.3 Å². The number of ether oxygens (including phenoxy) is 1. The van der Waals surface area contributed by atoms with Gasteiger partial charge < -0.3 is 9.64 Å². The van der Waals surface area contributed by atoms with Crippen molar-refractivity contribution in [2.45, 2.75) is 36.8 Å². The van der Waals surface area contributed by atoms with Gasteiger partial charge >= 0.3 is 0 Å². The molecule has 0 spiro atoms. The van der Waals surface area contributed by atoms with Crippen LogP contribution in [-0.4, -0.2) is 59.9 Å². The predicted molar refractivity (Wildman–Crippen MR) is 102 cm³/mol. The van der Waals surface area contributed by atoms with Crippen molar-refractivity contribution < 1.29 is 17.9 Å². The Labute approximate surface area is 161 Å². The number of rotatable bonds is 3. The van der Waals surface area contributed by atoms with Crippen LogP contribution in [0.4, 0.5) is 0 Å². The van der Waals surface area contributed by atoms with Gasteiger partial charge in [0.05, 0.1) is 17.5 Å². The van der Waals surface area contributed by atoms with Gasteiger partial charge in [0, 0.05) is 23.4 Å². The van der Waals surface area contributed by atoms with E-state index in [2.05, 4.69) is 4.99 Å². The summed E-state index contributed by atoms with van der Waals surface area (Å²) < 4.78 is 29.5. The molecule has 3 atom stereocenters. The Morgan fingerprint density at radius 2 is 2.08 bits per heavy atom. The second-order valence-electron chi connectivity index (χ2n) is 6.79. The molecule has 3 aliphatic heterocycles. The third-order valence-corrected chi connectivity index (χ3v) is 8.35. The minimum atomic E-state index is -3.05. The van der Waals surface area contributed by atoms with Gasteiger partial charge in [-0.25, -0.2) is 8.42 Å². The van der Waals surface area contributed by atoms with Crippen LogP contribution in [0, 0.1) is 0 Å². The van der Waals surface area contributed by atoms with Gasteiger partial charge in [-0.3, -0.25) is 4.79 Å². The van der Waals surface area contributed by atoms with Crippen molar-refractivity contribution in [3.63, 3.8) is 0 Å². The molecule has 0 saturated carbocycles. The second kappa shape index (κ2) is 7.14. The number of benzene rings is 1. The first kappa shape index (κ1) is 18.3. The number of halogens is 1. The van der Waals surface area contributed by atoms with E-state index in [1.54, 1.807) is 12.1 Å². The Bertz CT molecular complexity index is 835. The molecule has 0 aromatic heterocycles. The van der Waals surface area contributed by atoms with Crippen molar-refractivity contribution in [2.75, 3.05) is 18.1 Å². The lowest BCUT2D eigenvalue weighted by Crippen LogP contribution is -2.37. The summed E-state index contributed by atoms with van der Waals surface area (Å²) in [5, 5.41) is 1.17. The molecule has 0 N–H and O–H groups in total. The molecule has 9 heteroatoms. The molecule has 0 bridgehead atoms. The van der Waals surface area contributed by atoms with Gasteiger partial charge in [-0.2, -0.15) is 4.99 Å². The van der Waals surface area contributed by atoms with E-state index < -0.39 is 15.9 Å². The number of amides is 1. The Kier molecular flexibility index (Phi) is 5.02. The third-order valence-electron chi connectivity index (χ3n) is 4.85. The number of fused-ring (bicyclic) bond motifs is 1. The highest BCUT2D eigenvalue weighted by Gasteiger charge is 2.48. The lowest BCUT2D eigenvalue weighted by molar-refractivity contribution is -0.126. The van der Waals surface area contributed by atoms with Crippen LogP contribution < -0.4 is 0 Å². The molecule has 4 rings (SSSR count). The summed E-state index contributed by atoms with van der Waals surface area (Å²) in [6.45, 7) is 1.09. The Morgan fingerprint density at radius 3 is 2.77 bits per heavy atom. The van der Waals surface area contributed by atoms with Gasteiger partial charge in [-0.1, -0.05) is 35.5 Å². The minimum Gasteiger partial charge on any atom is -0.368 e.